The topological polar surface area (TPSA) is 58.9 Å². The van der Waals surface area contributed by atoms with Crippen LogP contribution < -0.4 is 5.73 Å². The number of nitrogens with two attached hydrogens (primary N) is 1. The number of nitrogens with one attached hydrogen (secondary N) is 1. The average molecular weight is 312 g/mol. The van der Waals surface area contributed by atoms with E-state index in [1.54, 1.807) is 0 Å². The number of fused-ring (bicyclic) bond motifs is 3. The number of benzene rings is 3. The number of carbonyl (C=O) groups excluding carboxylic acids is 1. The lowest BCUT2D eigenvalue weighted by Crippen LogP contribution is -2.13. The molecule has 0 bridgehead atoms. The fourth-order valence-corrected chi connectivity index (χ4v) is 3.09. The molecule has 1 amide bonds. The van der Waals surface area contributed by atoms with Crippen LogP contribution in [0.1, 0.15) is 21.5 Å². The van der Waals surface area contributed by atoms with Gasteiger partial charge >= 0.3 is 0 Å². The molecular weight excluding hydrogens is 296 g/mol. The molecule has 0 aliphatic carbocycles. The Morgan fingerprint density at radius 2 is 1.58 bits per heavy atom. The molecule has 4 rings (SSSR count). The number of para-hydroxylation sites is 1. The van der Waals surface area contributed by atoms with Crippen molar-refractivity contribution < 1.29 is 4.79 Å². The van der Waals surface area contributed by atoms with E-state index in [0.29, 0.717) is 5.56 Å². The lowest BCUT2D eigenvalue weighted by atomic mass is 10.0. The fraction of sp³-hybridized carbons (Fsp3) is 0. The molecule has 3 aromatic carbocycles. The Labute approximate surface area is 139 Å². The van der Waals surface area contributed by atoms with Gasteiger partial charge in [0.1, 0.15) is 0 Å². The minimum Gasteiger partial charge on any atom is -0.366 e. The van der Waals surface area contributed by atoms with Crippen molar-refractivity contribution in [1.29, 1.82) is 0 Å². The van der Waals surface area contributed by atoms with E-state index >= 15 is 0 Å². The van der Waals surface area contributed by atoms with Crippen molar-refractivity contribution in [2.24, 2.45) is 5.73 Å². The number of H-pyrrole nitrogens is 1. The minimum atomic E-state index is -0.431. The molecule has 1 heterocycles. The Morgan fingerprint density at radius 1 is 0.833 bits per heavy atom. The van der Waals surface area contributed by atoms with Crippen molar-refractivity contribution in [3.63, 3.8) is 0 Å². The Balaban J connectivity index is 1.93. The van der Waals surface area contributed by atoms with Crippen LogP contribution in [-0.2, 0) is 0 Å². The van der Waals surface area contributed by atoms with Gasteiger partial charge in [0.05, 0.1) is 11.1 Å². The lowest BCUT2D eigenvalue weighted by Gasteiger charge is -2.04. The largest absolute Gasteiger partial charge is 0.366 e. The molecule has 0 spiro atoms. The van der Waals surface area contributed by atoms with Crippen molar-refractivity contribution in [3.05, 3.63) is 83.4 Å². The van der Waals surface area contributed by atoms with Crippen molar-refractivity contribution >= 4 is 39.9 Å². The van der Waals surface area contributed by atoms with Gasteiger partial charge in [0.15, 0.2) is 0 Å². The lowest BCUT2D eigenvalue weighted by molar-refractivity contribution is 0.100. The number of carbonyl (C=O) groups is 1. The quantitative estimate of drug-likeness (QED) is 0.534. The summed E-state index contributed by atoms with van der Waals surface area (Å²) >= 11 is 0. The Bertz CT molecular complexity index is 1080. The summed E-state index contributed by atoms with van der Waals surface area (Å²) in [6.07, 6.45) is 3.91. The van der Waals surface area contributed by atoms with Crippen molar-refractivity contribution in [2.75, 3.05) is 0 Å². The first-order valence-electron chi connectivity index (χ1n) is 7.80. The Kier molecular flexibility index (Phi) is 3.39. The summed E-state index contributed by atoms with van der Waals surface area (Å²) in [5.74, 6) is -0.431. The van der Waals surface area contributed by atoms with Crippen molar-refractivity contribution in [1.82, 2.24) is 4.98 Å². The second-order valence-corrected chi connectivity index (χ2v) is 5.73. The zero-order valence-corrected chi connectivity index (χ0v) is 13.0. The van der Waals surface area contributed by atoms with Gasteiger partial charge in [-0.15, -0.1) is 0 Å². The third-order valence-electron chi connectivity index (χ3n) is 4.22. The van der Waals surface area contributed by atoms with E-state index in [-0.39, 0.29) is 0 Å². The third kappa shape index (κ3) is 2.36. The standard InChI is InChI=1S/C21H16N2O/c22-21(24)19-15(11-10-14-6-2-1-3-7-14)12-13-17-16-8-4-5-9-18(16)23-20(17)19/h1-13,23H,(H2,22,24). The van der Waals surface area contributed by atoms with Gasteiger partial charge in [-0.25, -0.2) is 0 Å². The molecule has 0 aliphatic heterocycles. The third-order valence-corrected chi connectivity index (χ3v) is 4.22. The van der Waals surface area contributed by atoms with Crippen LogP contribution in [0.3, 0.4) is 0 Å². The molecule has 1 aromatic heterocycles. The highest BCUT2D eigenvalue weighted by molar-refractivity contribution is 6.16. The van der Waals surface area contributed by atoms with E-state index in [9.17, 15) is 4.79 Å². The maximum atomic E-state index is 12.1. The van der Waals surface area contributed by atoms with Gasteiger partial charge in [-0.05, 0) is 17.2 Å². The van der Waals surface area contributed by atoms with Crippen LogP contribution in [0.4, 0.5) is 0 Å². The first-order valence-corrected chi connectivity index (χ1v) is 7.80. The van der Waals surface area contributed by atoms with E-state index in [4.69, 9.17) is 5.73 Å². The fourth-order valence-electron chi connectivity index (χ4n) is 3.09. The molecule has 24 heavy (non-hydrogen) atoms. The van der Waals surface area contributed by atoms with Gasteiger partial charge in [0.2, 0.25) is 0 Å². The molecule has 4 aromatic rings. The summed E-state index contributed by atoms with van der Waals surface area (Å²) in [7, 11) is 0. The van der Waals surface area contributed by atoms with Crippen LogP contribution in [0.2, 0.25) is 0 Å². The summed E-state index contributed by atoms with van der Waals surface area (Å²) in [4.78, 5) is 15.4. The van der Waals surface area contributed by atoms with Gasteiger partial charge in [-0.2, -0.15) is 0 Å². The number of amides is 1. The van der Waals surface area contributed by atoms with Gasteiger partial charge in [0, 0.05) is 16.3 Å². The monoisotopic (exact) mass is 312 g/mol. The maximum Gasteiger partial charge on any atom is 0.251 e. The molecule has 3 N–H and O–H groups in total. The van der Waals surface area contributed by atoms with E-state index < -0.39 is 5.91 Å². The van der Waals surface area contributed by atoms with Crippen LogP contribution in [-0.4, -0.2) is 10.9 Å². The van der Waals surface area contributed by atoms with Gasteiger partial charge in [0.25, 0.3) is 5.91 Å². The van der Waals surface area contributed by atoms with Crippen molar-refractivity contribution in [2.45, 2.75) is 0 Å². The molecule has 0 radical (unpaired) electrons. The minimum absolute atomic E-state index is 0.431. The molecule has 0 aliphatic rings. The number of primary amides is 1. The van der Waals surface area contributed by atoms with E-state index in [2.05, 4.69) is 4.98 Å². The molecular formula is C21H16N2O. The summed E-state index contributed by atoms with van der Waals surface area (Å²) in [5, 5.41) is 2.10. The summed E-state index contributed by atoms with van der Waals surface area (Å²) in [6.45, 7) is 0. The average Bonchev–Trinajstić information content (AvgIpc) is 2.98. The molecule has 116 valence electrons. The predicted octanol–water partition coefficient (Wildman–Crippen LogP) is 4.59. The number of aromatic nitrogens is 1. The SMILES string of the molecule is NC(=O)c1c(C=Cc2ccccc2)ccc2c1[nH]c1ccccc12. The van der Waals surface area contributed by atoms with Crippen LogP contribution in [0.25, 0.3) is 34.0 Å². The van der Waals surface area contributed by atoms with Crippen LogP contribution in [0, 0.1) is 0 Å². The van der Waals surface area contributed by atoms with E-state index in [1.807, 2.05) is 78.9 Å². The molecule has 0 saturated heterocycles. The Morgan fingerprint density at radius 3 is 2.38 bits per heavy atom. The normalized spacial score (nSPS) is 11.5. The summed E-state index contributed by atoms with van der Waals surface area (Å²) in [6, 6.07) is 21.9. The van der Waals surface area contributed by atoms with Gasteiger partial charge < -0.3 is 10.7 Å². The highest BCUT2D eigenvalue weighted by atomic mass is 16.1. The number of hydrogen-bond donors (Lipinski definition) is 2. The molecule has 0 atom stereocenters. The molecule has 3 nitrogen and oxygen atoms in total. The first-order chi connectivity index (χ1) is 11.7. The number of rotatable bonds is 3. The molecule has 0 saturated carbocycles. The molecule has 0 unspecified atom stereocenters. The van der Waals surface area contributed by atoms with E-state index in [0.717, 1.165) is 32.9 Å². The number of hydrogen-bond acceptors (Lipinski definition) is 1. The highest BCUT2D eigenvalue weighted by Crippen LogP contribution is 2.30. The first kappa shape index (κ1) is 14.3. The van der Waals surface area contributed by atoms with Gasteiger partial charge in [-0.3, -0.25) is 4.79 Å². The summed E-state index contributed by atoms with van der Waals surface area (Å²) < 4.78 is 0. The van der Waals surface area contributed by atoms with Crippen LogP contribution >= 0.6 is 0 Å². The van der Waals surface area contributed by atoms with Crippen molar-refractivity contribution in [3.8, 4) is 0 Å². The van der Waals surface area contributed by atoms with Crippen LogP contribution in [0.5, 0.6) is 0 Å². The second kappa shape index (κ2) is 5.70. The smallest absolute Gasteiger partial charge is 0.251 e. The number of aromatic amines is 1. The van der Waals surface area contributed by atoms with Crippen LogP contribution in [0.15, 0.2) is 66.7 Å². The highest BCUT2D eigenvalue weighted by Gasteiger charge is 2.14. The predicted molar refractivity (Wildman–Crippen MR) is 99.7 cm³/mol. The zero-order valence-electron chi connectivity index (χ0n) is 13.0. The Hall–Kier alpha value is -3.33. The molecule has 0 fully saturated rings. The van der Waals surface area contributed by atoms with E-state index in [1.165, 1.54) is 0 Å². The second-order valence-electron chi connectivity index (χ2n) is 5.73. The maximum absolute atomic E-state index is 12.1. The summed E-state index contributed by atoms with van der Waals surface area (Å²) in [5.41, 5.74) is 9.88. The van der Waals surface area contributed by atoms with Gasteiger partial charge in [-0.1, -0.05) is 72.8 Å². The molecule has 3 heteroatoms. The zero-order chi connectivity index (χ0) is 16.5.